The highest BCUT2D eigenvalue weighted by molar-refractivity contribution is 5.38. The van der Waals surface area contributed by atoms with Crippen LogP contribution in [0, 0.1) is 70.0 Å². The number of rotatable bonds is 3. The summed E-state index contributed by atoms with van der Waals surface area (Å²) in [7, 11) is 0. The molecule has 30 heavy (non-hydrogen) atoms. The van der Waals surface area contributed by atoms with Crippen LogP contribution in [0.5, 0.6) is 0 Å². The molecule has 0 saturated heterocycles. The molecule has 4 bridgehead atoms. The molecule has 8 rings (SSSR count). The van der Waals surface area contributed by atoms with Crippen LogP contribution in [0.25, 0.3) is 0 Å². The van der Waals surface area contributed by atoms with Crippen molar-refractivity contribution in [3.8, 4) is 0 Å². The fraction of sp³-hybridized carbons (Fsp3) is 0.933. The zero-order chi connectivity index (χ0) is 20.4. The van der Waals surface area contributed by atoms with Gasteiger partial charge in [-0.3, -0.25) is 0 Å². The van der Waals surface area contributed by atoms with E-state index in [1.165, 1.54) is 68.6 Å². The third-order valence-corrected chi connectivity index (χ3v) is 12.8. The van der Waals surface area contributed by atoms with Crippen molar-refractivity contribution in [2.45, 2.75) is 105 Å². The van der Waals surface area contributed by atoms with Gasteiger partial charge in [-0.25, -0.2) is 0 Å². The van der Waals surface area contributed by atoms with Crippen LogP contribution >= 0.6 is 0 Å². The van der Waals surface area contributed by atoms with E-state index in [1.807, 2.05) is 11.1 Å². The molecular formula is C30H46. The molecule has 0 aromatic heterocycles. The van der Waals surface area contributed by atoms with Crippen molar-refractivity contribution in [3.63, 3.8) is 0 Å². The second-order valence-corrected chi connectivity index (χ2v) is 13.8. The van der Waals surface area contributed by atoms with Gasteiger partial charge in [-0.05, 0) is 121 Å². The van der Waals surface area contributed by atoms with Crippen molar-refractivity contribution in [1.29, 1.82) is 0 Å². The van der Waals surface area contributed by atoms with Crippen LogP contribution in [-0.4, -0.2) is 0 Å². The Balaban J connectivity index is 1.29. The Bertz CT molecular complexity index is 765. The summed E-state index contributed by atoms with van der Waals surface area (Å²) in [4.78, 5) is 0. The van der Waals surface area contributed by atoms with Gasteiger partial charge in [-0.2, -0.15) is 0 Å². The lowest BCUT2D eigenvalue weighted by molar-refractivity contribution is 0.0534. The highest BCUT2D eigenvalue weighted by Gasteiger charge is 2.79. The molecule has 0 aliphatic heterocycles. The third-order valence-electron chi connectivity index (χ3n) is 12.8. The molecule has 0 aromatic carbocycles. The van der Waals surface area contributed by atoms with Gasteiger partial charge in [0.15, 0.2) is 0 Å². The molecule has 0 spiro atoms. The Morgan fingerprint density at radius 3 is 2.57 bits per heavy atom. The van der Waals surface area contributed by atoms with Gasteiger partial charge in [0.05, 0.1) is 0 Å². The van der Waals surface area contributed by atoms with Gasteiger partial charge in [0.1, 0.15) is 0 Å². The zero-order valence-electron chi connectivity index (χ0n) is 20.3. The maximum atomic E-state index is 2.80. The normalized spacial score (nSPS) is 60.4. The summed E-state index contributed by atoms with van der Waals surface area (Å²) >= 11 is 0. The topological polar surface area (TPSA) is 0 Å². The summed E-state index contributed by atoms with van der Waals surface area (Å²) in [6.07, 6.45) is 18.4. The fourth-order valence-corrected chi connectivity index (χ4v) is 11.4. The van der Waals surface area contributed by atoms with E-state index in [4.69, 9.17) is 0 Å². The smallest absolute Gasteiger partial charge is 0.0103 e. The standard InChI is InChI=1S/C30H46/c1-5-18-9-7-8-17(3)27-28(29(27,4)15-18)30-13-12-21-25-24(26(21)25)20(16-30)11-10-19(6-2)22-14-23(22)30/h17-18,20-21,23-28H,5-16H2,1-4H3. The van der Waals surface area contributed by atoms with Crippen LogP contribution in [0.3, 0.4) is 0 Å². The van der Waals surface area contributed by atoms with Crippen molar-refractivity contribution in [3.05, 3.63) is 11.1 Å². The number of hydrogen-bond donors (Lipinski definition) is 0. The van der Waals surface area contributed by atoms with E-state index >= 15 is 0 Å². The molecule has 7 saturated carbocycles. The largest absolute Gasteiger partial charge is 0.0709 e. The average Bonchev–Trinajstić information content (AvgIpc) is 3.53. The molecule has 0 heterocycles. The first kappa shape index (κ1) is 19.2. The first-order chi connectivity index (χ1) is 14.5. The first-order valence-corrected chi connectivity index (χ1v) is 14.2. The fourth-order valence-electron chi connectivity index (χ4n) is 11.4. The molecule has 10 unspecified atom stereocenters. The van der Waals surface area contributed by atoms with Gasteiger partial charge < -0.3 is 0 Å². The predicted molar refractivity (Wildman–Crippen MR) is 125 cm³/mol. The summed E-state index contributed by atoms with van der Waals surface area (Å²) < 4.78 is 0. The van der Waals surface area contributed by atoms with Crippen molar-refractivity contribution in [1.82, 2.24) is 0 Å². The van der Waals surface area contributed by atoms with E-state index in [2.05, 4.69) is 27.7 Å². The monoisotopic (exact) mass is 406 g/mol. The quantitative estimate of drug-likeness (QED) is 0.414. The summed E-state index contributed by atoms with van der Waals surface area (Å²) in [6, 6.07) is 0. The lowest BCUT2D eigenvalue weighted by atomic mass is 9.60. The first-order valence-electron chi connectivity index (χ1n) is 14.2. The second kappa shape index (κ2) is 6.20. The lowest BCUT2D eigenvalue weighted by Crippen LogP contribution is -2.37. The summed E-state index contributed by atoms with van der Waals surface area (Å²) in [5.41, 5.74) is 5.33. The summed E-state index contributed by atoms with van der Waals surface area (Å²) in [5, 5.41) is 0. The van der Waals surface area contributed by atoms with E-state index in [1.54, 1.807) is 32.1 Å². The molecule has 10 atom stereocenters. The minimum Gasteiger partial charge on any atom is -0.0709 e. The van der Waals surface area contributed by atoms with E-state index in [-0.39, 0.29) is 0 Å². The molecule has 166 valence electrons. The molecule has 7 fully saturated rings. The molecule has 0 radical (unpaired) electrons. The van der Waals surface area contributed by atoms with E-state index in [9.17, 15) is 0 Å². The molecule has 8 aliphatic rings. The predicted octanol–water partition coefficient (Wildman–Crippen LogP) is 8.27. The van der Waals surface area contributed by atoms with Gasteiger partial charge in [0.2, 0.25) is 0 Å². The number of fused-ring (bicyclic) bond motifs is 3. The molecular weight excluding hydrogens is 360 g/mol. The van der Waals surface area contributed by atoms with Crippen LogP contribution < -0.4 is 0 Å². The SMILES string of the molecule is CCC1=C2CC2C2(C3C4C(C)CCCC(CC)CC43C)CCC3C4C(C(CC1)C2)C34. The van der Waals surface area contributed by atoms with Crippen LogP contribution in [0.15, 0.2) is 11.1 Å². The van der Waals surface area contributed by atoms with Crippen molar-refractivity contribution >= 4 is 0 Å². The third kappa shape index (κ3) is 2.41. The zero-order valence-corrected chi connectivity index (χ0v) is 20.3. The Morgan fingerprint density at radius 2 is 1.80 bits per heavy atom. The molecule has 0 heteroatoms. The highest BCUT2D eigenvalue weighted by atomic mass is 14.8. The van der Waals surface area contributed by atoms with Gasteiger partial charge >= 0.3 is 0 Å². The summed E-state index contributed by atoms with van der Waals surface area (Å²) in [6.45, 7) is 10.4. The van der Waals surface area contributed by atoms with Gasteiger partial charge in [0.25, 0.3) is 0 Å². The minimum atomic E-state index is 0.681. The molecule has 0 amide bonds. The van der Waals surface area contributed by atoms with Crippen LogP contribution in [0.4, 0.5) is 0 Å². The Morgan fingerprint density at radius 1 is 0.967 bits per heavy atom. The Kier molecular flexibility index (Phi) is 3.97. The lowest BCUT2D eigenvalue weighted by Gasteiger charge is -2.45. The van der Waals surface area contributed by atoms with Gasteiger partial charge in [0, 0.05) is 0 Å². The van der Waals surface area contributed by atoms with E-state index in [0.29, 0.717) is 10.8 Å². The molecule has 0 aromatic rings. The number of allylic oxidation sites excluding steroid dienone is 2. The summed E-state index contributed by atoms with van der Waals surface area (Å²) in [5.74, 6) is 11.1. The van der Waals surface area contributed by atoms with Gasteiger partial charge in [-0.15, -0.1) is 0 Å². The molecule has 8 aliphatic carbocycles. The van der Waals surface area contributed by atoms with Crippen LogP contribution in [-0.2, 0) is 0 Å². The highest BCUT2D eigenvalue weighted by Crippen LogP contribution is 2.85. The molecule has 0 nitrogen and oxygen atoms in total. The van der Waals surface area contributed by atoms with Crippen molar-refractivity contribution < 1.29 is 0 Å². The van der Waals surface area contributed by atoms with Gasteiger partial charge in [-0.1, -0.05) is 64.5 Å². The van der Waals surface area contributed by atoms with E-state index < -0.39 is 0 Å². The number of hydrogen-bond acceptors (Lipinski definition) is 0. The van der Waals surface area contributed by atoms with Crippen molar-refractivity contribution in [2.75, 3.05) is 0 Å². The Labute approximate surface area is 186 Å². The Hall–Kier alpha value is -0.260. The van der Waals surface area contributed by atoms with Crippen LogP contribution in [0.2, 0.25) is 0 Å². The average molecular weight is 407 g/mol. The molecule has 0 N–H and O–H groups in total. The second-order valence-electron chi connectivity index (χ2n) is 13.8. The van der Waals surface area contributed by atoms with Crippen molar-refractivity contribution in [2.24, 2.45) is 70.0 Å². The maximum Gasteiger partial charge on any atom is -0.0103 e. The minimum absolute atomic E-state index is 0.681. The van der Waals surface area contributed by atoms with E-state index in [0.717, 1.165) is 35.5 Å². The van der Waals surface area contributed by atoms with Crippen LogP contribution in [0.1, 0.15) is 105 Å². The maximum absolute atomic E-state index is 2.80.